The lowest BCUT2D eigenvalue weighted by atomic mass is 9.90. The van der Waals surface area contributed by atoms with Crippen LogP contribution in [0, 0.1) is 5.92 Å². The maximum Gasteiger partial charge on any atom is 0.261 e. The molecule has 8 nitrogen and oxygen atoms in total. The van der Waals surface area contributed by atoms with E-state index in [0.29, 0.717) is 22.8 Å². The van der Waals surface area contributed by atoms with E-state index in [1.165, 1.54) is 4.90 Å². The molecule has 0 spiro atoms. The number of carbonyl (C=O) groups excluding carboxylic acids is 2. The van der Waals surface area contributed by atoms with E-state index in [4.69, 9.17) is 32.7 Å². The molecule has 2 aliphatic heterocycles. The Hall–Kier alpha value is -4.31. The lowest BCUT2D eigenvalue weighted by Crippen LogP contribution is -2.39. The van der Waals surface area contributed by atoms with Gasteiger partial charge in [-0.25, -0.2) is 4.98 Å². The van der Waals surface area contributed by atoms with Gasteiger partial charge in [0, 0.05) is 11.5 Å². The molecule has 1 aromatic heterocycles. The summed E-state index contributed by atoms with van der Waals surface area (Å²) >= 11 is 12.6. The second-order valence-corrected chi connectivity index (χ2v) is 12.6. The third-order valence-corrected chi connectivity index (χ3v) is 9.64. The summed E-state index contributed by atoms with van der Waals surface area (Å²) in [7, 11) is 0. The third-order valence-electron chi connectivity index (χ3n) is 8.87. The Bertz CT molecular complexity index is 1920. The van der Waals surface area contributed by atoms with E-state index in [9.17, 15) is 14.7 Å². The number of halogens is 2. The molecule has 2 amide bonds. The average Bonchev–Trinajstić information content (AvgIpc) is 3.55. The Morgan fingerprint density at radius 1 is 0.787 bits per heavy atom. The van der Waals surface area contributed by atoms with Crippen molar-refractivity contribution in [2.75, 3.05) is 0 Å². The smallest absolute Gasteiger partial charge is 0.261 e. The number of hydrogen-bond donors (Lipinski definition) is 1. The second-order valence-electron chi connectivity index (χ2n) is 11.9. The van der Waals surface area contributed by atoms with Crippen LogP contribution in [0.25, 0.3) is 11.1 Å². The topological polar surface area (TPSA) is 93.9 Å². The van der Waals surface area contributed by atoms with Crippen molar-refractivity contribution in [3.8, 4) is 11.1 Å². The SMILES string of the molecule is C[C@@H]1[C@H](Cn2cnc(Cl)c2Cl)O[C@H](c2cccc(-c3cccc(CN4C(=O)c5ccccc5C4=O)c3)c2)O[C@@H]1c1ccc(CO)cc1. The van der Waals surface area contributed by atoms with Gasteiger partial charge in [0.2, 0.25) is 0 Å². The summed E-state index contributed by atoms with van der Waals surface area (Å²) in [5.74, 6) is -0.633. The number of carbonyl (C=O) groups is 2. The summed E-state index contributed by atoms with van der Waals surface area (Å²) in [5, 5.41) is 10.1. The van der Waals surface area contributed by atoms with Gasteiger partial charge in [0.1, 0.15) is 5.15 Å². The quantitative estimate of drug-likeness (QED) is 0.171. The molecule has 7 rings (SSSR count). The fraction of sp³-hybridized carbons (Fsp3) is 0.216. The molecular weight excluding hydrogens is 637 g/mol. The Labute approximate surface area is 282 Å². The van der Waals surface area contributed by atoms with Gasteiger partial charge in [0.25, 0.3) is 11.8 Å². The number of amides is 2. The number of nitrogens with zero attached hydrogens (tertiary/aromatic N) is 3. The normalized spacial score (nSPS) is 20.9. The number of fused-ring (bicyclic) bond motifs is 1. The van der Waals surface area contributed by atoms with Crippen LogP contribution in [-0.2, 0) is 29.2 Å². The molecule has 1 N–H and O–H groups in total. The Morgan fingerprint density at radius 3 is 2.13 bits per heavy atom. The van der Waals surface area contributed by atoms with Gasteiger partial charge in [-0.2, -0.15) is 0 Å². The minimum Gasteiger partial charge on any atom is -0.392 e. The molecule has 0 aliphatic carbocycles. The Kier molecular flexibility index (Phi) is 8.70. The van der Waals surface area contributed by atoms with Crippen LogP contribution in [0.5, 0.6) is 0 Å². The summed E-state index contributed by atoms with van der Waals surface area (Å²) < 4.78 is 15.0. The highest BCUT2D eigenvalue weighted by molar-refractivity contribution is 6.40. The molecule has 10 heteroatoms. The van der Waals surface area contributed by atoms with Gasteiger partial charge >= 0.3 is 0 Å². The Morgan fingerprint density at radius 2 is 1.47 bits per heavy atom. The number of imidazole rings is 1. The van der Waals surface area contributed by atoms with E-state index in [2.05, 4.69) is 11.9 Å². The fourth-order valence-corrected chi connectivity index (χ4v) is 6.59. The van der Waals surface area contributed by atoms with Crippen molar-refractivity contribution >= 4 is 35.0 Å². The number of rotatable bonds is 8. The molecular formula is C37H31Cl2N3O5. The molecule has 47 heavy (non-hydrogen) atoms. The molecule has 238 valence electrons. The lowest BCUT2D eigenvalue weighted by Gasteiger charge is -2.41. The summed E-state index contributed by atoms with van der Waals surface area (Å²) in [6.07, 6.45) is 0.297. The predicted octanol–water partition coefficient (Wildman–Crippen LogP) is 7.64. The molecule has 4 aromatic carbocycles. The second kappa shape index (κ2) is 13.1. The summed E-state index contributed by atoms with van der Waals surface area (Å²) in [6.45, 7) is 2.63. The number of hydrogen-bond acceptors (Lipinski definition) is 6. The van der Waals surface area contributed by atoms with E-state index in [-0.39, 0.29) is 48.2 Å². The van der Waals surface area contributed by atoms with Crippen LogP contribution in [0.15, 0.2) is 103 Å². The third kappa shape index (κ3) is 6.11. The van der Waals surface area contributed by atoms with Crippen molar-refractivity contribution in [3.05, 3.63) is 147 Å². The summed E-state index contributed by atoms with van der Waals surface area (Å²) in [4.78, 5) is 31.4. The number of aromatic nitrogens is 2. The minimum absolute atomic E-state index is 0.0398. The van der Waals surface area contributed by atoms with E-state index >= 15 is 0 Å². The van der Waals surface area contributed by atoms with Gasteiger partial charge in [0.15, 0.2) is 11.4 Å². The zero-order valence-electron chi connectivity index (χ0n) is 25.4. The Balaban J connectivity index is 1.16. The van der Waals surface area contributed by atoms with Gasteiger partial charge in [-0.3, -0.25) is 14.5 Å². The largest absolute Gasteiger partial charge is 0.392 e. The lowest BCUT2D eigenvalue weighted by molar-refractivity contribution is -0.276. The molecule has 4 atom stereocenters. The molecule has 1 fully saturated rings. The van der Waals surface area contributed by atoms with Crippen molar-refractivity contribution in [2.45, 2.75) is 45.1 Å². The first-order chi connectivity index (χ1) is 22.8. The van der Waals surface area contributed by atoms with Crippen LogP contribution in [0.3, 0.4) is 0 Å². The minimum atomic E-state index is -0.696. The number of ether oxygens (including phenoxy) is 2. The molecule has 0 saturated carbocycles. The molecule has 5 aromatic rings. The van der Waals surface area contributed by atoms with Gasteiger partial charge < -0.3 is 19.1 Å². The van der Waals surface area contributed by atoms with Gasteiger partial charge in [-0.1, -0.05) is 103 Å². The zero-order chi connectivity index (χ0) is 32.7. The van der Waals surface area contributed by atoms with Crippen molar-refractivity contribution < 1.29 is 24.2 Å². The first kappa shape index (κ1) is 31.3. The van der Waals surface area contributed by atoms with Gasteiger partial charge in [-0.05, 0) is 52.1 Å². The number of aliphatic hydroxyl groups excluding tert-OH is 1. The van der Waals surface area contributed by atoms with Crippen molar-refractivity contribution in [1.82, 2.24) is 14.5 Å². The molecule has 2 aliphatic rings. The molecule has 0 radical (unpaired) electrons. The number of aliphatic hydroxyl groups is 1. The number of benzene rings is 4. The van der Waals surface area contributed by atoms with Crippen LogP contribution >= 0.6 is 23.2 Å². The molecule has 0 unspecified atom stereocenters. The van der Waals surface area contributed by atoms with E-state index in [1.54, 1.807) is 35.2 Å². The van der Waals surface area contributed by atoms with E-state index < -0.39 is 6.29 Å². The van der Waals surface area contributed by atoms with Crippen LogP contribution in [0.2, 0.25) is 10.3 Å². The molecule has 0 bridgehead atoms. The first-order valence-electron chi connectivity index (χ1n) is 15.3. The van der Waals surface area contributed by atoms with Crippen molar-refractivity contribution in [1.29, 1.82) is 0 Å². The van der Waals surface area contributed by atoms with Crippen LogP contribution < -0.4 is 0 Å². The van der Waals surface area contributed by atoms with E-state index in [0.717, 1.165) is 33.4 Å². The first-order valence-corrected chi connectivity index (χ1v) is 16.1. The monoisotopic (exact) mass is 667 g/mol. The summed E-state index contributed by atoms with van der Waals surface area (Å²) in [5.41, 5.74) is 6.18. The van der Waals surface area contributed by atoms with Crippen molar-refractivity contribution in [3.63, 3.8) is 0 Å². The van der Waals surface area contributed by atoms with E-state index in [1.807, 2.05) is 72.8 Å². The highest BCUT2D eigenvalue weighted by Crippen LogP contribution is 2.43. The average molecular weight is 669 g/mol. The van der Waals surface area contributed by atoms with Gasteiger partial charge in [0.05, 0.1) is 49.4 Å². The highest BCUT2D eigenvalue weighted by atomic mass is 35.5. The predicted molar refractivity (Wildman–Crippen MR) is 178 cm³/mol. The number of imide groups is 1. The van der Waals surface area contributed by atoms with Crippen LogP contribution in [0.4, 0.5) is 0 Å². The highest BCUT2D eigenvalue weighted by Gasteiger charge is 2.39. The van der Waals surface area contributed by atoms with Gasteiger partial charge in [-0.15, -0.1) is 0 Å². The standard InChI is InChI=1S/C37H31Cl2N3O5/c1-22-31(19-41-21-40-33(38)34(41)39)46-37(47-32(22)25-14-12-23(20-43)13-15-25)28-9-5-8-27(17-28)26-7-4-6-24(16-26)18-42-35(44)29-10-2-3-11-30(29)36(42)45/h2-17,21-22,31-32,37,43H,18-20H2,1H3/t22-,31+,32+,37+/m1/s1. The summed E-state index contributed by atoms with van der Waals surface area (Å²) in [6, 6.07) is 30.4. The van der Waals surface area contributed by atoms with Crippen LogP contribution in [-0.4, -0.2) is 37.5 Å². The maximum absolute atomic E-state index is 13.0. The van der Waals surface area contributed by atoms with Crippen LogP contribution in [0.1, 0.15) is 62.3 Å². The molecule has 1 saturated heterocycles. The fourth-order valence-electron chi connectivity index (χ4n) is 6.27. The molecule has 3 heterocycles. The zero-order valence-corrected chi connectivity index (χ0v) is 26.9. The maximum atomic E-state index is 13.0. The van der Waals surface area contributed by atoms with Crippen molar-refractivity contribution in [2.24, 2.45) is 5.92 Å².